The van der Waals surface area contributed by atoms with Gasteiger partial charge < -0.3 is 5.32 Å². The van der Waals surface area contributed by atoms with E-state index in [1.165, 1.54) is 18.2 Å². The molecule has 6 nitrogen and oxygen atoms in total. The molecule has 0 spiro atoms. The Labute approximate surface area is 190 Å². The lowest BCUT2D eigenvalue weighted by atomic mass is 10.0. The van der Waals surface area contributed by atoms with Crippen molar-refractivity contribution in [2.24, 2.45) is 0 Å². The number of hydrogen-bond donors (Lipinski definition) is 2. The topological polar surface area (TPSA) is 71.8 Å². The number of halogens is 1. The van der Waals surface area contributed by atoms with Crippen LogP contribution in [0.25, 0.3) is 11.8 Å². The Bertz CT molecular complexity index is 1330. The predicted octanol–water partition coefficient (Wildman–Crippen LogP) is 5.13. The average Bonchev–Trinajstić information content (AvgIpc) is 3.26. The first-order valence-electron chi connectivity index (χ1n) is 10.5. The molecule has 0 radical (unpaired) electrons. The third-order valence-corrected chi connectivity index (χ3v) is 5.22. The van der Waals surface area contributed by atoms with Crippen molar-refractivity contribution >= 4 is 29.6 Å². The zero-order valence-corrected chi connectivity index (χ0v) is 17.5. The first-order chi connectivity index (χ1) is 16.2. The van der Waals surface area contributed by atoms with Gasteiger partial charge >= 0.3 is 0 Å². The van der Waals surface area contributed by atoms with E-state index in [1.54, 1.807) is 22.9 Å². The second kappa shape index (κ2) is 8.92. The lowest BCUT2D eigenvalue weighted by Crippen LogP contribution is -2.20. The lowest BCUT2D eigenvalue weighted by molar-refractivity contribution is -0.111. The fourth-order valence-corrected chi connectivity index (χ4v) is 3.62. The number of hydrogen-bond acceptors (Lipinski definition) is 4. The largest absolute Gasteiger partial charge is 0.324 e. The van der Waals surface area contributed by atoms with Gasteiger partial charge in [-0.15, -0.1) is 5.10 Å². The van der Waals surface area contributed by atoms with E-state index in [2.05, 4.69) is 20.7 Å². The van der Waals surface area contributed by atoms with Crippen molar-refractivity contribution in [1.29, 1.82) is 0 Å². The van der Waals surface area contributed by atoms with E-state index < -0.39 is 0 Å². The number of amides is 1. The van der Waals surface area contributed by atoms with Gasteiger partial charge in [0.05, 0.1) is 0 Å². The van der Waals surface area contributed by atoms with Crippen LogP contribution in [0.2, 0.25) is 0 Å². The van der Waals surface area contributed by atoms with E-state index in [4.69, 9.17) is 0 Å². The van der Waals surface area contributed by atoms with E-state index in [9.17, 15) is 9.18 Å². The van der Waals surface area contributed by atoms with Crippen molar-refractivity contribution in [3.8, 4) is 0 Å². The van der Waals surface area contributed by atoms with Crippen LogP contribution >= 0.6 is 0 Å². The molecular weight excluding hydrogens is 417 g/mol. The molecule has 4 aromatic rings. The second-order valence-electron chi connectivity index (χ2n) is 7.50. The van der Waals surface area contributed by atoms with Gasteiger partial charge in [0, 0.05) is 11.8 Å². The van der Waals surface area contributed by atoms with Gasteiger partial charge in [0.2, 0.25) is 5.95 Å². The zero-order chi connectivity index (χ0) is 22.6. The SMILES string of the molecule is O=C(/C=C/c1ccccc1)Nc1nc2n(n1)[C@@H](c1ccc(F)cc1)C=C(c1ccccc1)N2. The molecule has 3 aromatic carbocycles. The number of anilines is 2. The fourth-order valence-electron chi connectivity index (χ4n) is 3.62. The normalized spacial score (nSPS) is 14.9. The summed E-state index contributed by atoms with van der Waals surface area (Å²) < 4.78 is 15.2. The standard InChI is InChI=1S/C26H20FN5O/c27-21-14-12-20(13-15-21)23-17-22(19-9-5-2-6-10-19)28-26-30-25(31-32(23)26)29-24(33)16-11-18-7-3-1-4-8-18/h1-17,23H,(H2,28,29,30,31,33)/b16-11+/t23-/m1/s1. The molecule has 1 atom stereocenters. The molecule has 162 valence electrons. The average molecular weight is 437 g/mol. The van der Waals surface area contributed by atoms with Gasteiger partial charge in [-0.1, -0.05) is 72.8 Å². The van der Waals surface area contributed by atoms with Crippen LogP contribution in [0.5, 0.6) is 0 Å². The third kappa shape index (κ3) is 4.57. The molecule has 0 saturated carbocycles. The number of nitrogens with one attached hydrogen (secondary N) is 2. The molecule has 1 aromatic heterocycles. The fraction of sp³-hybridized carbons (Fsp3) is 0.0385. The summed E-state index contributed by atoms with van der Waals surface area (Å²) in [6, 6.07) is 25.3. The Hall–Kier alpha value is -4.52. The summed E-state index contributed by atoms with van der Waals surface area (Å²) >= 11 is 0. The summed E-state index contributed by atoms with van der Waals surface area (Å²) in [5.41, 5.74) is 3.60. The number of carbonyl (C=O) groups excluding carboxylic acids is 1. The Balaban J connectivity index is 1.44. The maximum Gasteiger partial charge on any atom is 0.250 e. The molecule has 7 heteroatoms. The van der Waals surface area contributed by atoms with E-state index >= 15 is 0 Å². The molecule has 1 aliphatic heterocycles. The van der Waals surface area contributed by atoms with Crippen molar-refractivity contribution < 1.29 is 9.18 Å². The van der Waals surface area contributed by atoms with Gasteiger partial charge in [-0.2, -0.15) is 4.98 Å². The Morgan fingerprint density at radius 2 is 1.67 bits per heavy atom. The minimum atomic E-state index is -0.337. The van der Waals surface area contributed by atoms with Crippen molar-refractivity contribution in [2.75, 3.05) is 10.6 Å². The molecule has 0 unspecified atom stereocenters. The van der Waals surface area contributed by atoms with Crippen LogP contribution in [0.15, 0.2) is 97.1 Å². The maximum absolute atomic E-state index is 13.5. The minimum Gasteiger partial charge on any atom is -0.324 e. The maximum atomic E-state index is 13.5. The highest BCUT2D eigenvalue weighted by molar-refractivity contribution is 6.01. The highest BCUT2D eigenvalue weighted by atomic mass is 19.1. The highest BCUT2D eigenvalue weighted by Crippen LogP contribution is 2.33. The van der Waals surface area contributed by atoms with E-state index in [0.717, 1.165) is 22.4 Å². The quantitative estimate of drug-likeness (QED) is 0.425. The van der Waals surface area contributed by atoms with Gasteiger partial charge in [-0.05, 0) is 41.0 Å². The minimum absolute atomic E-state index is 0.176. The molecular formula is C26H20FN5O. The Kier molecular flexibility index (Phi) is 5.51. The summed E-state index contributed by atoms with van der Waals surface area (Å²) in [5.74, 6) is 0.0105. The highest BCUT2D eigenvalue weighted by Gasteiger charge is 2.25. The molecule has 0 fully saturated rings. The summed E-state index contributed by atoms with van der Waals surface area (Å²) in [6.45, 7) is 0. The summed E-state index contributed by atoms with van der Waals surface area (Å²) in [6.07, 6.45) is 5.17. The van der Waals surface area contributed by atoms with Crippen LogP contribution < -0.4 is 10.6 Å². The van der Waals surface area contributed by atoms with Crippen LogP contribution in [0.4, 0.5) is 16.3 Å². The van der Waals surface area contributed by atoms with Crippen molar-refractivity contribution in [2.45, 2.75) is 6.04 Å². The zero-order valence-electron chi connectivity index (χ0n) is 17.5. The second-order valence-corrected chi connectivity index (χ2v) is 7.50. The van der Waals surface area contributed by atoms with Crippen molar-refractivity contribution in [3.63, 3.8) is 0 Å². The van der Waals surface area contributed by atoms with Crippen molar-refractivity contribution in [3.05, 3.63) is 120 Å². The molecule has 0 saturated heterocycles. The first kappa shape index (κ1) is 20.4. The number of allylic oxidation sites excluding steroid dienone is 1. The molecule has 5 rings (SSSR count). The Morgan fingerprint density at radius 1 is 0.970 bits per heavy atom. The molecule has 1 amide bonds. The van der Waals surface area contributed by atoms with Crippen LogP contribution in [-0.2, 0) is 4.79 Å². The van der Waals surface area contributed by atoms with Gasteiger partial charge in [-0.3, -0.25) is 10.1 Å². The molecule has 0 aliphatic carbocycles. The number of carbonyl (C=O) groups is 1. The van der Waals surface area contributed by atoms with Crippen LogP contribution in [-0.4, -0.2) is 20.7 Å². The van der Waals surface area contributed by atoms with E-state index in [-0.39, 0.29) is 23.7 Å². The van der Waals surface area contributed by atoms with Gasteiger partial charge in [0.15, 0.2) is 0 Å². The van der Waals surface area contributed by atoms with Gasteiger partial charge in [0.1, 0.15) is 11.9 Å². The molecule has 2 heterocycles. The number of nitrogens with zero attached hydrogens (tertiary/aromatic N) is 3. The smallest absolute Gasteiger partial charge is 0.250 e. The van der Waals surface area contributed by atoms with Crippen LogP contribution in [0.3, 0.4) is 0 Å². The van der Waals surface area contributed by atoms with Crippen LogP contribution in [0.1, 0.15) is 22.7 Å². The predicted molar refractivity (Wildman–Crippen MR) is 127 cm³/mol. The van der Waals surface area contributed by atoms with Gasteiger partial charge in [0.25, 0.3) is 11.9 Å². The number of fused-ring (bicyclic) bond motifs is 1. The monoisotopic (exact) mass is 437 g/mol. The van der Waals surface area contributed by atoms with Crippen molar-refractivity contribution in [1.82, 2.24) is 14.8 Å². The van der Waals surface area contributed by atoms with Gasteiger partial charge in [-0.25, -0.2) is 9.07 Å². The third-order valence-electron chi connectivity index (χ3n) is 5.22. The summed E-state index contributed by atoms with van der Waals surface area (Å²) in [4.78, 5) is 16.9. The molecule has 0 bridgehead atoms. The first-order valence-corrected chi connectivity index (χ1v) is 10.5. The molecule has 1 aliphatic rings. The molecule has 33 heavy (non-hydrogen) atoms. The van der Waals surface area contributed by atoms with E-state index in [0.29, 0.717) is 5.95 Å². The number of rotatable bonds is 5. The number of benzene rings is 3. The lowest BCUT2D eigenvalue weighted by Gasteiger charge is -2.24. The van der Waals surface area contributed by atoms with Crippen LogP contribution in [0, 0.1) is 5.82 Å². The number of aromatic nitrogens is 3. The summed E-state index contributed by atoms with van der Waals surface area (Å²) in [7, 11) is 0. The van der Waals surface area contributed by atoms with E-state index in [1.807, 2.05) is 66.7 Å². The summed E-state index contributed by atoms with van der Waals surface area (Å²) in [5, 5.41) is 10.5. The Morgan fingerprint density at radius 3 is 2.39 bits per heavy atom. The molecule has 2 N–H and O–H groups in total.